The largest absolute Gasteiger partial charge is 0.497 e. The Kier molecular flexibility index (Phi) is 4.96. The number of carbonyl (C=O) groups is 1. The lowest BCUT2D eigenvalue weighted by molar-refractivity contribution is -0.142. The average Bonchev–Trinajstić information content (AvgIpc) is 2.47. The van der Waals surface area contributed by atoms with Crippen molar-refractivity contribution >= 4 is 16.7 Å². The van der Waals surface area contributed by atoms with Crippen molar-refractivity contribution in [2.45, 2.75) is 13.5 Å². The predicted molar refractivity (Wildman–Crippen MR) is 78.8 cm³/mol. The van der Waals surface area contributed by atoms with E-state index in [1.54, 1.807) is 14.0 Å². The molecule has 0 aliphatic heterocycles. The molecule has 0 spiro atoms. The number of hydrogen-bond acceptors (Lipinski definition) is 4. The van der Waals surface area contributed by atoms with Crippen molar-refractivity contribution in [3.05, 3.63) is 42.0 Å². The van der Waals surface area contributed by atoms with Crippen LogP contribution in [0.1, 0.15) is 12.5 Å². The molecule has 1 N–H and O–H groups in total. The zero-order chi connectivity index (χ0) is 14.4. The van der Waals surface area contributed by atoms with E-state index in [4.69, 9.17) is 9.47 Å². The molecule has 20 heavy (non-hydrogen) atoms. The molecule has 106 valence electrons. The molecule has 0 fully saturated rings. The first-order valence-corrected chi connectivity index (χ1v) is 6.66. The quantitative estimate of drug-likeness (QED) is 0.821. The number of nitrogens with one attached hydrogen (secondary N) is 1. The lowest BCUT2D eigenvalue weighted by Gasteiger charge is -2.07. The Hall–Kier alpha value is -2.07. The summed E-state index contributed by atoms with van der Waals surface area (Å²) in [6, 6.07) is 12.2. The molecule has 2 aromatic rings. The van der Waals surface area contributed by atoms with Gasteiger partial charge in [-0.2, -0.15) is 0 Å². The molecule has 0 aliphatic carbocycles. The molecule has 2 rings (SSSR count). The smallest absolute Gasteiger partial charge is 0.319 e. The second kappa shape index (κ2) is 6.91. The fourth-order valence-electron chi connectivity index (χ4n) is 2.03. The molecule has 4 heteroatoms. The van der Waals surface area contributed by atoms with Crippen LogP contribution in [0, 0.1) is 0 Å². The van der Waals surface area contributed by atoms with Crippen LogP contribution in [0.2, 0.25) is 0 Å². The Morgan fingerprint density at radius 2 is 1.90 bits per heavy atom. The molecule has 2 aromatic carbocycles. The van der Waals surface area contributed by atoms with Crippen molar-refractivity contribution in [2.24, 2.45) is 0 Å². The first-order chi connectivity index (χ1) is 9.72. The summed E-state index contributed by atoms with van der Waals surface area (Å²) in [5.74, 6) is 0.628. The summed E-state index contributed by atoms with van der Waals surface area (Å²) < 4.78 is 10.1. The third kappa shape index (κ3) is 3.71. The molecule has 0 unspecified atom stereocenters. The van der Waals surface area contributed by atoms with Gasteiger partial charge in [-0.3, -0.25) is 4.79 Å². The van der Waals surface area contributed by atoms with E-state index in [9.17, 15) is 4.79 Å². The van der Waals surface area contributed by atoms with Gasteiger partial charge in [0.1, 0.15) is 5.75 Å². The van der Waals surface area contributed by atoms with Crippen LogP contribution in [0.4, 0.5) is 0 Å². The van der Waals surface area contributed by atoms with Crippen LogP contribution in [0.3, 0.4) is 0 Å². The third-order valence-corrected chi connectivity index (χ3v) is 3.02. The summed E-state index contributed by atoms with van der Waals surface area (Å²) in [5.41, 5.74) is 1.13. The second-order valence-corrected chi connectivity index (χ2v) is 4.46. The molecule has 0 amide bonds. The average molecular weight is 273 g/mol. The van der Waals surface area contributed by atoms with Gasteiger partial charge in [-0.25, -0.2) is 0 Å². The highest BCUT2D eigenvalue weighted by Gasteiger charge is 2.02. The Morgan fingerprint density at radius 3 is 2.65 bits per heavy atom. The van der Waals surface area contributed by atoms with E-state index in [0.717, 1.165) is 22.1 Å². The zero-order valence-corrected chi connectivity index (χ0v) is 11.8. The monoisotopic (exact) mass is 273 g/mol. The van der Waals surface area contributed by atoms with Gasteiger partial charge in [0.15, 0.2) is 0 Å². The summed E-state index contributed by atoms with van der Waals surface area (Å²) in [6.07, 6.45) is 0. The highest BCUT2D eigenvalue weighted by atomic mass is 16.5. The molecule has 0 radical (unpaired) electrons. The molecular weight excluding hydrogens is 254 g/mol. The van der Waals surface area contributed by atoms with Gasteiger partial charge in [-0.15, -0.1) is 0 Å². The third-order valence-electron chi connectivity index (χ3n) is 3.02. The number of hydrogen-bond donors (Lipinski definition) is 1. The predicted octanol–water partition coefficient (Wildman–Crippen LogP) is 2.50. The fraction of sp³-hybridized carbons (Fsp3) is 0.312. The molecular formula is C16H19NO3. The number of methoxy groups -OCH3 is 1. The summed E-state index contributed by atoms with van der Waals surface area (Å²) in [5, 5.41) is 5.37. The van der Waals surface area contributed by atoms with E-state index in [0.29, 0.717) is 13.2 Å². The van der Waals surface area contributed by atoms with Gasteiger partial charge in [0, 0.05) is 6.54 Å². The van der Waals surface area contributed by atoms with Crippen LogP contribution in [-0.4, -0.2) is 26.2 Å². The van der Waals surface area contributed by atoms with Crippen LogP contribution in [0.25, 0.3) is 10.8 Å². The number of benzene rings is 2. The van der Waals surface area contributed by atoms with Gasteiger partial charge in [0.05, 0.1) is 20.3 Å². The van der Waals surface area contributed by atoms with Gasteiger partial charge in [0.25, 0.3) is 0 Å². The zero-order valence-electron chi connectivity index (χ0n) is 11.8. The molecule has 4 nitrogen and oxygen atoms in total. The fourth-order valence-corrected chi connectivity index (χ4v) is 2.03. The number of rotatable bonds is 6. The van der Waals surface area contributed by atoms with Crippen LogP contribution in [-0.2, 0) is 16.1 Å². The van der Waals surface area contributed by atoms with Crippen molar-refractivity contribution in [1.29, 1.82) is 0 Å². The Morgan fingerprint density at radius 1 is 1.15 bits per heavy atom. The summed E-state index contributed by atoms with van der Waals surface area (Å²) in [6.45, 7) is 3.09. The molecule has 0 aromatic heterocycles. The molecule has 0 aliphatic rings. The molecule has 0 bridgehead atoms. The van der Waals surface area contributed by atoms with Gasteiger partial charge in [-0.05, 0) is 41.5 Å². The van der Waals surface area contributed by atoms with Crippen LogP contribution >= 0.6 is 0 Å². The molecule has 0 heterocycles. The normalized spacial score (nSPS) is 10.5. The van der Waals surface area contributed by atoms with Crippen molar-refractivity contribution in [2.75, 3.05) is 20.3 Å². The maximum atomic E-state index is 11.2. The van der Waals surface area contributed by atoms with Crippen molar-refractivity contribution in [3.8, 4) is 5.75 Å². The van der Waals surface area contributed by atoms with E-state index >= 15 is 0 Å². The number of carbonyl (C=O) groups excluding carboxylic acids is 1. The second-order valence-electron chi connectivity index (χ2n) is 4.46. The van der Waals surface area contributed by atoms with Gasteiger partial charge in [-0.1, -0.05) is 18.2 Å². The van der Waals surface area contributed by atoms with E-state index in [1.165, 1.54) is 0 Å². The lowest BCUT2D eigenvalue weighted by Crippen LogP contribution is -2.24. The van der Waals surface area contributed by atoms with E-state index < -0.39 is 0 Å². The number of esters is 1. The Bertz CT molecular complexity index is 595. The highest BCUT2D eigenvalue weighted by molar-refractivity contribution is 5.84. The van der Waals surface area contributed by atoms with Crippen molar-refractivity contribution in [3.63, 3.8) is 0 Å². The Balaban J connectivity index is 1.99. The molecule has 0 atom stereocenters. The first kappa shape index (κ1) is 14.3. The minimum atomic E-state index is -0.224. The van der Waals surface area contributed by atoms with Crippen LogP contribution in [0.5, 0.6) is 5.75 Å². The SMILES string of the molecule is CCOC(=O)CNCc1ccc2cc(OC)ccc2c1. The van der Waals surface area contributed by atoms with Crippen molar-refractivity contribution < 1.29 is 14.3 Å². The Labute approximate surface area is 118 Å². The standard InChI is InChI=1S/C16H19NO3/c1-3-20-16(18)11-17-10-12-4-5-14-9-15(19-2)7-6-13(14)8-12/h4-9,17H,3,10-11H2,1-2H3. The van der Waals surface area contributed by atoms with Gasteiger partial charge >= 0.3 is 5.97 Å². The van der Waals surface area contributed by atoms with E-state index in [-0.39, 0.29) is 12.5 Å². The minimum absolute atomic E-state index is 0.224. The van der Waals surface area contributed by atoms with E-state index in [2.05, 4.69) is 17.4 Å². The maximum Gasteiger partial charge on any atom is 0.319 e. The summed E-state index contributed by atoms with van der Waals surface area (Å²) >= 11 is 0. The minimum Gasteiger partial charge on any atom is -0.497 e. The highest BCUT2D eigenvalue weighted by Crippen LogP contribution is 2.21. The first-order valence-electron chi connectivity index (χ1n) is 6.66. The van der Waals surface area contributed by atoms with E-state index in [1.807, 2.05) is 24.3 Å². The van der Waals surface area contributed by atoms with Crippen LogP contribution < -0.4 is 10.1 Å². The maximum absolute atomic E-state index is 11.2. The number of ether oxygens (including phenoxy) is 2. The molecule has 0 saturated heterocycles. The summed E-state index contributed by atoms with van der Waals surface area (Å²) in [4.78, 5) is 11.2. The summed E-state index contributed by atoms with van der Waals surface area (Å²) in [7, 11) is 1.66. The van der Waals surface area contributed by atoms with Gasteiger partial charge in [0.2, 0.25) is 0 Å². The number of fused-ring (bicyclic) bond motifs is 1. The van der Waals surface area contributed by atoms with Crippen LogP contribution in [0.15, 0.2) is 36.4 Å². The lowest BCUT2D eigenvalue weighted by atomic mass is 10.1. The molecule has 0 saturated carbocycles. The topological polar surface area (TPSA) is 47.6 Å². The van der Waals surface area contributed by atoms with Gasteiger partial charge < -0.3 is 14.8 Å². The van der Waals surface area contributed by atoms with Crippen molar-refractivity contribution in [1.82, 2.24) is 5.32 Å².